The van der Waals surface area contributed by atoms with E-state index in [4.69, 9.17) is 9.47 Å². The second-order valence-electron chi connectivity index (χ2n) is 5.94. The van der Waals surface area contributed by atoms with Crippen molar-refractivity contribution in [3.05, 3.63) is 76.3 Å². The molecule has 0 heterocycles. The zero-order valence-corrected chi connectivity index (χ0v) is 14.3. The number of aliphatic hydroxyl groups is 1. The maximum Gasteiger partial charge on any atom is 0.276 e. The number of hydrogen-bond donors (Lipinski definition) is 1. The van der Waals surface area contributed by atoms with Gasteiger partial charge in [-0.05, 0) is 35.9 Å². The van der Waals surface area contributed by atoms with Crippen molar-refractivity contribution >= 4 is 16.5 Å². The standard InChI is InChI=1S/C20H19NO5/c1-14-19(21(23)24)7-4-8-20(14)26-13-17(22)12-25-18-10-9-15-5-2-3-6-16(15)11-18/h2-11,17,22H,12-13H2,1H3. The quantitative estimate of drug-likeness (QED) is 0.515. The Morgan fingerprint density at radius 3 is 2.50 bits per heavy atom. The van der Waals surface area contributed by atoms with Crippen molar-refractivity contribution in [2.75, 3.05) is 13.2 Å². The van der Waals surface area contributed by atoms with E-state index in [1.165, 1.54) is 6.07 Å². The van der Waals surface area contributed by atoms with Gasteiger partial charge in [-0.3, -0.25) is 10.1 Å². The Balaban J connectivity index is 1.56. The molecule has 0 bridgehead atoms. The van der Waals surface area contributed by atoms with Crippen LogP contribution in [0.2, 0.25) is 0 Å². The monoisotopic (exact) mass is 353 g/mol. The second-order valence-corrected chi connectivity index (χ2v) is 5.94. The molecule has 3 aromatic rings. The molecule has 0 aliphatic carbocycles. The van der Waals surface area contributed by atoms with E-state index in [0.29, 0.717) is 17.1 Å². The molecule has 0 aliphatic rings. The molecule has 134 valence electrons. The van der Waals surface area contributed by atoms with Gasteiger partial charge >= 0.3 is 0 Å². The van der Waals surface area contributed by atoms with Gasteiger partial charge in [0, 0.05) is 6.07 Å². The third-order valence-corrected chi connectivity index (χ3v) is 4.05. The summed E-state index contributed by atoms with van der Waals surface area (Å²) in [5, 5.41) is 23.2. The van der Waals surface area contributed by atoms with Gasteiger partial charge < -0.3 is 14.6 Å². The van der Waals surface area contributed by atoms with Crippen LogP contribution in [-0.4, -0.2) is 29.3 Å². The van der Waals surface area contributed by atoms with Gasteiger partial charge in [-0.25, -0.2) is 0 Å². The minimum Gasteiger partial charge on any atom is -0.491 e. The zero-order chi connectivity index (χ0) is 18.5. The normalized spacial score (nSPS) is 11.9. The summed E-state index contributed by atoms with van der Waals surface area (Å²) in [4.78, 5) is 10.5. The highest BCUT2D eigenvalue weighted by Crippen LogP contribution is 2.27. The highest BCUT2D eigenvalue weighted by atomic mass is 16.6. The van der Waals surface area contributed by atoms with Crippen molar-refractivity contribution in [1.82, 2.24) is 0 Å². The minimum atomic E-state index is -0.861. The fourth-order valence-corrected chi connectivity index (χ4v) is 2.64. The molecule has 0 fully saturated rings. The highest BCUT2D eigenvalue weighted by Gasteiger charge is 2.15. The Labute approximate surface area is 150 Å². The number of nitro benzene ring substituents is 1. The lowest BCUT2D eigenvalue weighted by atomic mass is 10.1. The van der Waals surface area contributed by atoms with Gasteiger partial charge in [-0.1, -0.05) is 36.4 Å². The number of fused-ring (bicyclic) bond motifs is 1. The Morgan fingerprint density at radius 1 is 1.00 bits per heavy atom. The van der Waals surface area contributed by atoms with Crippen LogP contribution in [0.4, 0.5) is 5.69 Å². The number of hydrogen-bond acceptors (Lipinski definition) is 5. The van der Waals surface area contributed by atoms with Gasteiger partial charge in [-0.2, -0.15) is 0 Å². The predicted molar refractivity (Wildman–Crippen MR) is 98.8 cm³/mol. The summed E-state index contributed by atoms with van der Waals surface area (Å²) in [6.45, 7) is 1.66. The first-order chi connectivity index (χ1) is 12.5. The van der Waals surface area contributed by atoms with Crippen molar-refractivity contribution in [2.45, 2.75) is 13.0 Å². The molecule has 0 radical (unpaired) electrons. The van der Waals surface area contributed by atoms with Crippen LogP contribution in [0.5, 0.6) is 11.5 Å². The number of rotatable bonds is 7. The molecule has 1 atom stereocenters. The molecule has 0 saturated heterocycles. The number of aliphatic hydroxyl groups excluding tert-OH is 1. The highest BCUT2D eigenvalue weighted by molar-refractivity contribution is 5.83. The van der Waals surface area contributed by atoms with E-state index in [1.807, 2.05) is 42.5 Å². The average molecular weight is 353 g/mol. The largest absolute Gasteiger partial charge is 0.491 e. The van der Waals surface area contributed by atoms with E-state index in [1.54, 1.807) is 19.1 Å². The maximum absolute atomic E-state index is 10.9. The molecule has 3 aromatic carbocycles. The van der Waals surface area contributed by atoms with Gasteiger partial charge in [0.05, 0.1) is 10.5 Å². The van der Waals surface area contributed by atoms with Gasteiger partial charge in [0.25, 0.3) is 5.69 Å². The SMILES string of the molecule is Cc1c(OCC(O)COc2ccc3ccccc3c2)cccc1[N+](=O)[O-]. The molecule has 0 spiro atoms. The Bertz CT molecular complexity index is 925. The van der Waals surface area contributed by atoms with Crippen LogP contribution in [0.15, 0.2) is 60.7 Å². The van der Waals surface area contributed by atoms with Crippen LogP contribution >= 0.6 is 0 Å². The molecule has 26 heavy (non-hydrogen) atoms. The number of benzene rings is 3. The van der Waals surface area contributed by atoms with Crippen LogP contribution in [0.1, 0.15) is 5.56 Å². The lowest BCUT2D eigenvalue weighted by Crippen LogP contribution is -2.25. The topological polar surface area (TPSA) is 81.8 Å². The van der Waals surface area contributed by atoms with Crippen LogP contribution in [0, 0.1) is 17.0 Å². The summed E-state index contributed by atoms with van der Waals surface area (Å²) in [5.41, 5.74) is 0.421. The second kappa shape index (κ2) is 7.84. The van der Waals surface area contributed by atoms with Gasteiger partial charge in [0.1, 0.15) is 30.8 Å². The number of nitro groups is 1. The van der Waals surface area contributed by atoms with Crippen molar-refractivity contribution in [3.63, 3.8) is 0 Å². The zero-order valence-electron chi connectivity index (χ0n) is 14.3. The van der Waals surface area contributed by atoms with Crippen molar-refractivity contribution in [3.8, 4) is 11.5 Å². The molecule has 0 amide bonds. The van der Waals surface area contributed by atoms with E-state index in [0.717, 1.165) is 10.8 Å². The average Bonchev–Trinajstić information content (AvgIpc) is 2.65. The minimum absolute atomic E-state index is 0.00981. The van der Waals surface area contributed by atoms with Crippen molar-refractivity contribution < 1.29 is 19.5 Å². The first-order valence-corrected chi connectivity index (χ1v) is 8.21. The summed E-state index contributed by atoms with van der Waals surface area (Å²) in [7, 11) is 0. The fraction of sp³-hybridized carbons (Fsp3) is 0.200. The third kappa shape index (κ3) is 4.10. The maximum atomic E-state index is 10.9. The number of ether oxygens (including phenoxy) is 2. The fourth-order valence-electron chi connectivity index (χ4n) is 2.64. The van der Waals surface area contributed by atoms with E-state index in [9.17, 15) is 15.2 Å². The smallest absolute Gasteiger partial charge is 0.276 e. The van der Waals surface area contributed by atoms with Crippen LogP contribution in [0.3, 0.4) is 0 Å². The van der Waals surface area contributed by atoms with Crippen LogP contribution < -0.4 is 9.47 Å². The first-order valence-electron chi connectivity index (χ1n) is 8.21. The molecule has 3 rings (SSSR count). The first kappa shape index (κ1) is 17.7. The lowest BCUT2D eigenvalue weighted by Gasteiger charge is -2.15. The third-order valence-electron chi connectivity index (χ3n) is 4.05. The molecule has 0 aromatic heterocycles. The Kier molecular flexibility index (Phi) is 5.34. The van der Waals surface area contributed by atoms with E-state index in [2.05, 4.69) is 0 Å². The summed E-state index contributed by atoms with van der Waals surface area (Å²) in [6.07, 6.45) is -0.861. The van der Waals surface area contributed by atoms with E-state index in [-0.39, 0.29) is 18.9 Å². The lowest BCUT2D eigenvalue weighted by molar-refractivity contribution is -0.385. The van der Waals surface area contributed by atoms with Crippen LogP contribution in [-0.2, 0) is 0 Å². The van der Waals surface area contributed by atoms with E-state index < -0.39 is 11.0 Å². The summed E-state index contributed by atoms with van der Waals surface area (Å²) in [6, 6.07) is 18.3. The van der Waals surface area contributed by atoms with Gasteiger partial charge in [-0.15, -0.1) is 0 Å². The summed E-state index contributed by atoms with van der Waals surface area (Å²) < 4.78 is 11.1. The summed E-state index contributed by atoms with van der Waals surface area (Å²) in [5.74, 6) is 1.04. The van der Waals surface area contributed by atoms with E-state index >= 15 is 0 Å². The molecule has 6 nitrogen and oxygen atoms in total. The Hall–Kier alpha value is -3.12. The predicted octanol–water partition coefficient (Wildman–Crippen LogP) is 3.88. The molecular formula is C20H19NO5. The molecule has 1 N–H and O–H groups in total. The summed E-state index contributed by atoms with van der Waals surface area (Å²) >= 11 is 0. The number of nitrogens with zero attached hydrogens (tertiary/aromatic N) is 1. The molecular weight excluding hydrogens is 334 g/mol. The van der Waals surface area contributed by atoms with Gasteiger partial charge in [0.15, 0.2) is 0 Å². The molecule has 0 aliphatic heterocycles. The molecule has 0 saturated carbocycles. The van der Waals surface area contributed by atoms with Crippen molar-refractivity contribution in [1.29, 1.82) is 0 Å². The van der Waals surface area contributed by atoms with Crippen LogP contribution in [0.25, 0.3) is 10.8 Å². The Morgan fingerprint density at radius 2 is 1.73 bits per heavy atom. The molecule has 6 heteroatoms. The van der Waals surface area contributed by atoms with Crippen molar-refractivity contribution in [2.24, 2.45) is 0 Å². The molecule has 1 unspecified atom stereocenters. The van der Waals surface area contributed by atoms with Gasteiger partial charge in [0.2, 0.25) is 0 Å².